The minimum atomic E-state index is 1.20. The molecule has 106 valence electrons. The van der Waals surface area contributed by atoms with Crippen LogP contribution in [-0.2, 0) is 0 Å². The summed E-state index contributed by atoms with van der Waals surface area (Å²) in [6, 6.07) is 17.8. The number of thioether (sulfide) groups is 2. The zero-order chi connectivity index (χ0) is 14.2. The van der Waals surface area contributed by atoms with E-state index >= 15 is 0 Å². The fourth-order valence-corrected chi connectivity index (χ4v) is 3.46. The van der Waals surface area contributed by atoms with Crippen LogP contribution in [0.4, 0.5) is 0 Å². The molecule has 0 unspecified atom stereocenters. The second-order valence-corrected chi connectivity index (χ2v) is 7.08. The molecule has 0 saturated heterocycles. The van der Waals surface area contributed by atoms with Crippen LogP contribution in [0.15, 0.2) is 58.3 Å². The maximum atomic E-state index is 2.23. The largest absolute Gasteiger partial charge is 0.126 e. The van der Waals surface area contributed by atoms with Crippen molar-refractivity contribution in [1.82, 2.24) is 0 Å². The molecule has 0 radical (unpaired) electrons. The molecule has 2 aromatic carbocycles. The predicted octanol–water partition coefficient (Wildman–Crippen LogP) is 6.36. The molecular weight excluding hydrogens is 280 g/mol. The van der Waals surface area contributed by atoms with Crippen LogP contribution >= 0.6 is 23.5 Å². The van der Waals surface area contributed by atoms with Gasteiger partial charge in [-0.05, 0) is 59.7 Å². The Hall–Kier alpha value is -0.860. The van der Waals surface area contributed by atoms with Gasteiger partial charge in [0.15, 0.2) is 0 Å². The van der Waals surface area contributed by atoms with Gasteiger partial charge >= 0.3 is 0 Å². The highest BCUT2D eigenvalue weighted by atomic mass is 32.2. The van der Waals surface area contributed by atoms with E-state index < -0.39 is 0 Å². The fourth-order valence-electron chi connectivity index (χ4n) is 1.93. The third-order valence-electron chi connectivity index (χ3n) is 2.99. The molecule has 2 rings (SSSR count). The summed E-state index contributed by atoms with van der Waals surface area (Å²) in [5, 5.41) is 0. The summed E-state index contributed by atoms with van der Waals surface area (Å²) in [6.45, 7) is 4.44. The molecule has 0 heterocycles. The Balaban J connectivity index is 2.03. The lowest BCUT2D eigenvalue weighted by Crippen LogP contribution is -1.81. The molecule has 0 amide bonds. The fraction of sp³-hybridized carbons (Fsp3) is 0.333. The van der Waals surface area contributed by atoms with E-state index in [2.05, 4.69) is 62.4 Å². The van der Waals surface area contributed by atoms with Gasteiger partial charge in [0.2, 0.25) is 0 Å². The molecule has 0 nitrogen and oxygen atoms in total. The predicted molar refractivity (Wildman–Crippen MR) is 93.9 cm³/mol. The maximum absolute atomic E-state index is 2.23. The SMILES string of the molecule is CCCSc1ccc(-c2ccc(SCCC)cc2)cc1. The van der Waals surface area contributed by atoms with Gasteiger partial charge in [-0.25, -0.2) is 0 Å². The Morgan fingerprint density at radius 1 is 0.600 bits per heavy atom. The molecule has 0 spiro atoms. The van der Waals surface area contributed by atoms with Gasteiger partial charge in [0.1, 0.15) is 0 Å². The van der Waals surface area contributed by atoms with Crippen LogP contribution in [-0.4, -0.2) is 11.5 Å². The van der Waals surface area contributed by atoms with E-state index in [-0.39, 0.29) is 0 Å². The maximum Gasteiger partial charge on any atom is 0.00723 e. The number of benzene rings is 2. The highest BCUT2D eigenvalue weighted by molar-refractivity contribution is 7.99. The van der Waals surface area contributed by atoms with Gasteiger partial charge in [-0.15, -0.1) is 23.5 Å². The van der Waals surface area contributed by atoms with Gasteiger partial charge in [0, 0.05) is 9.79 Å². The normalized spacial score (nSPS) is 10.7. The van der Waals surface area contributed by atoms with Crippen molar-refractivity contribution in [2.75, 3.05) is 11.5 Å². The van der Waals surface area contributed by atoms with Crippen molar-refractivity contribution in [2.24, 2.45) is 0 Å². The lowest BCUT2D eigenvalue weighted by Gasteiger charge is -2.05. The van der Waals surface area contributed by atoms with Crippen LogP contribution in [0.1, 0.15) is 26.7 Å². The van der Waals surface area contributed by atoms with Crippen molar-refractivity contribution in [2.45, 2.75) is 36.5 Å². The first-order valence-corrected chi connectivity index (χ1v) is 9.26. The van der Waals surface area contributed by atoms with Crippen molar-refractivity contribution in [3.63, 3.8) is 0 Å². The third kappa shape index (κ3) is 4.60. The van der Waals surface area contributed by atoms with Crippen molar-refractivity contribution in [3.8, 4) is 11.1 Å². The Morgan fingerprint density at radius 2 is 0.950 bits per heavy atom. The van der Waals surface area contributed by atoms with Gasteiger partial charge < -0.3 is 0 Å². The van der Waals surface area contributed by atoms with E-state index in [1.54, 1.807) is 0 Å². The van der Waals surface area contributed by atoms with Gasteiger partial charge in [-0.1, -0.05) is 38.1 Å². The molecule has 0 aliphatic rings. The summed E-state index contributed by atoms with van der Waals surface area (Å²) < 4.78 is 0. The molecule has 2 heteroatoms. The van der Waals surface area contributed by atoms with Crippen molar-refractivity contribution >= 4 is 23.5 Å². The van der Waals surface area contributed by atoms with E-state index in [1.165, 1.54) is 45.3 Å². The van der Waals surface area contributed by atoms with E-state index in [4.69, 9.17) is 0 Å². The van der Waals surface area contributed by atoms with E-state index in [0.717, 1.165) is 0 Å². The monoisotopic (exact) mass is 302 g/mol. The number of rotatable bonds is 7. The highest BCUT2D eigenvalue weighted by Gasteiger charge is 1.99. The van der Waals surface area contributed by atoms with Gasteiger partial charge in [0.05, 0.1) is 0 Å². The minimum absolute atomic E-state index is 1.20. The van der Waals surface area contributed by atoms with Crippen LogP contribution in [0.5, 0.6) is 0 Å². The van der Waals surface area contributed by atoms with Gasteiger partial charge in [0.25, 0.3) is 0 Å². The topological polar surface area (TPSA) is 0 Å². The van der Waals surface area contributed by atoms with Crippen molar-refractivity contribution in [3.05, 3.63) is 48.5 Å². The molecule has 20 heavy (non-hydrogen) atoms. The average molecular weight is 303 g/mol. The van der Waals surface area contributed by atoms with E-state index in [0.29, 0.717) is 0 Å². The molecule has 0 atom stereocenters. The molecule has 0 aromatic heterocycles. The standard InChI is InChI=1S/C18H22S2/c1-3-13-19-17-9-5-15(6-10-17)16-7-11-18(12-8-16)20-14-4-2/h5-12H,3-4,13-14H2,1-2H3. The minimum Gasteiger partial charge on any atom is -0.126 e. The summed E-state index contributed by atoms with van der Waals surface area (Å²) in [5.41, 5.74) is 2.61. The Bertz CT molecular complexity index is 450. The van der Waals surface area contributed by atoms with Gasteiger partial charge in [-0.2, -0.15) is 0 Å². The second-order valence-electron chi connectivity index (χ2n) is 4.75. The summed E-state index contributed by atoms with van der Waals surface area (Å²) in [4.78, 5) is 2.73. The van der Waals surface area contributed by atoms with Crippen LogP contribution in [0.25, 0.3) is 11.1 Å². The van der Waals surface area contributed by atoms with Crippen molar-refractivity contribution in [1.29, 1.82) is 0 Å². The summed E-state index contributed by atoms with van der Waals surface area (Å²) >= 11 is 3.87. The molecule has 2 aromatic rings. The highest BCUT2D eigenvalue weighted by Crippen LogP contribution is 2.27. The first-order chi connectivity index (χ1) is 9.83. The van der Waals surface area contributed by atoms with Crippen molar-refractivity contribution < 1.29 is 0 Å². The quantitative estimate of drug-likeness (QED) is 0.546. The molecule has 0 N–H and O–H groups in total. The second kappa shape index (κ2) is 8.43. The summed E-state index contributed by atoms with van der Waals surface area (Å²) in [7, 11) is 0. The summed E-state index contributed by atoms with van der Waals surface area (Å²) in [6.07, 6.45) is 2.45. The molecular formula is C18H22S2. The molecule has 0 fully saturated rings. The lowest BCUT2D eigenvalue weighted by molar-refractivity contribution is 1.10. The molecule has 0 aliphatic heterocycles. The van der Waals surface area contributed by atoms with Crippen LogP contribution in [0, 0.1) is 0 Å². The summed E-state index contributed by atoms with van der Waals surface area (Å²) in [5.74, 6) is 2.39. The zero-order valence-electron chi connectivity index (χ0n) is 12.3. The van der Waals surface area contributed by atoms with Crippen LogP contribution < -0.4 is 0 Å². The zero-order valence-corrected chi connectivity index (χ0v) is 13.9. The van der Waals surface area contributed by atoms with E-state index in [1.807, 2.05) is 23.5 Å². The first kappa shape index (κ1) is 15.5. The average Bonchev–Trinajstić information content (AvgIpc) is 2.52. The third-order valence-corrected chi connectivity index (χ3v) is 5.42. The Labute approximate surface area is 131 Å². The van der Waals surface area contributed by atoms with E-state index in [9.17, 15) is 0 Å². The van der Waals surface area contributed by atoms with Crippen LogP contribution in [0.2, 0.25) is 0 Å². The Morgan fingerprint density at radius 3 is 1.25 bits per heavy atom. The molecule has 0 bridgehead atoms. The molecule has 0 saturated carbocycles. The smallest absolute Gasteiger partial charge is 0.00723 e. The van der Waals surface area contributed by atoms with Crippen LogP contribution in [0.3, 0.4) is 0 Å². The Kier molecular flexibility index (Phi) is 6.55. The lowest BCUT2D eigenvalue weighted by atomic mass is 10.1. The molecule has 0 aliphatic carbocycles. The van der Waals surface area contributed by atoms with Gasteiger partial charge in [-0.3, -0.25) is 0 Å². The first-order valence-electron chi connectivity index (χ1n) is 7.29. The number of hydrogen-bond donors (Lipinski definition) is 0. The number of hydrogen-bond acceptors (Lipinski definition) is 2.